The van der Waals surface area contributed by atoms with Crippen LogP contribution in [0.3, 0.4) is 0 Å². The number of carbonyl (C=O) groups is 1. The van der Waals surface area contributed by atoms with Crippen molar-refractivity contribution in [2.24, 2.45) is 0 Å². The lowest BCUT2D eigenvalue weighted by Gasteiger charge is -2.06. The Labute approximate surface area is 387 Å². The lowest BCUT2D eigenvalue weighted by atomic mass is 10.0. The second-order valence-corrected chi connectivity index (χ2v) is 20.4. The van der Waals surface area contributed by atoms with E-state index < -0.39 is 0 Å². The van der Waals surface area contributed by atoms with Crippen molar-refractivity contribution < 1.29 is 9.53 Å². The van der Waals surface area contributed by atoms with Gasteiger partial charge in [0.05, 0.1) is 6.61 Å². The third kappa shape index (κ3) is 57.5. The van der Waals surface area contributed by atoms with E-state index in [4.69, 9.17) is 4.74 Å². The molecule has 61 heavy (non-hydrogen) atoms. The van der Waals surface area contributed by atoms with Crippen molar-refractivity contribution in [3.8, 4) is 0 Å². The van der Waals surface area contributed by atoms with E-state index in [1.54, 1.807) is 0 Å². The highest BCUT2D eigenvalue weighted by Crippen LogP contribution is 2.19. The summed E-state index contributed by atoms with van der Waals surface area (Å²) in [6.07, 6.45) is 77.3. The zero-order chi connectivity index (χ0) is 43.9. The lowest BCUT2D eigenvalue weighted by molar-refractivity contribution is -0.143. The predicted octanol–water partition coefficient (Wildman–Crippen LogP) is 22.0. The van der Waals surface area contributed by atoms with E-state index in [2.05, 4.69) is 13.8 Å². The molecule has 0 aliphatic heterocycles. The first-order valence-corrected chi connectivity index (χ1v) is 29.5. The first-order chi connectivity index (χ1) is 30.3. The molecule has 0 amide bonds. The van der Waals surface area contributed by atoms with Gasteiger partial charge in [-0.1, -0.05) is 348 Å². The molecule has 0 rings (SSSR count). The fourth-order valence-corrected chi connectivity index (χ4v) is 9.61. The summed E-state index contributed by atoms with van der Waals surface area (Å²) in [6, 6.07) is 0. The molecular formula is C59H118O2. The molecule has 0 atom stereocenters. The van der Waals surface area contributed by atoms with Crippen LogP contribution in [0.2, 0.25) is 0 Å². The van der Waals surface area contributed by atoms with Crippen LogP contribution < -0.4 is 0 Å². The summed E-state index contributed by atoms with van der Waals surface area (Å²) in [5, 5.41) is 0. The predicted molar refractivity (Wildman–Crippen MR) is 276 cm³/mol. The molecule has 0 unspecified atom stereocenters. The van der Waals surface area contributed by atoms with Crippen LogP contribution in [0, 0.1) is 0 Å². The van der Waals surface area contributed by atoms with Gasteiger partial charge in [0.15, 0.2) is 0 Å². The van der Waals surface area contributed by atoms with E-state index in [1.165, 1.54) is 334 Å². The van der Waals surface area contributed by atoms with Crippen LogP contribution in [0.25, 0.3) is 0 Å². The van der Waals surface area contributed by atoms with Gasteiger partial charge >= 0.3 is 5.97 Å². The van der Waals surface area contributed by atoms with Crippen LogP contribution in [-0.2, 0) is 9.53 Å². The van der Waals surface area contributed by atoms with Crippen molar-refractivity contribution in [3.05, 3.63) is 0 Å². The fourth-order valence-electron chi connectivity index (χ4n) is 9.61. The van der Waals surface area contributed by atoms with Gasteiger partial charge in [-0.2, -0.15) is 0 Å². The Bertz CT molecular complexity index is 762. The summed E-state index contributed by atoms with van der Waals surface area (Å²) < 4.78 is 5.50. The molecule has 0 heterocycles. The summed E-state index contributed by atoms with van der Waals surface area (Å²) in [6.45, 7) is 5.24. The van der Waals surface area contributed by atoms with Crippen LogP contribution >= 0.6 is 0 Å². The van der Waals surface area contributed by atoms with Gasteiger partial charge in [0.1, 0.15) is 0 Å². The Morgan fingerprint density at radius 2 is 0.361 bits per heavy atom. The molecule has 0 N–H and O–H groups in total. The molecule has 366 valence electrons. The molecule has 0 fully saturated rings. The highest BCUT2D eigenvalue weighted by molar-refractivity contribution is 5.69. The Morgan fingerprint density at radius 3 is 0.541 bits per heavy atom. The van der Waals surface area contributed by atoms with Gasteiger partial charge in [-0.15, -0.1) is 0 Å². The SMILES string of the molecule is CCCCCCCCCCCCCCCCCCCCCCCCCCCCCCCCCCCCCCCC(=O)OCCCCCCCCCCCCCCCCCCC. The Morgan fingerprint density at radius 1 is 0.213 bits per heavy atom. The second-order valence-electron chi connectivity index (χ2n) is 20.4. The van der Waals surface area contributed by atoms with Crippen LogP contribution in [-0.4, -0.2) is 12.6 Å². The third-order valence-corrected chi connectivity index (χ3v) is 14.0. The number of unbranched alkanes of at least 4 members (excludes halogenated alkanes) is 52. The minimum absolute atomic E-state index is 0.0350. The quantitative estimate of drug-likeness (QED) is 0.0450. The number of hydrogen-bond acceptors (Lipinski definition) is 2. The molecule has 0 aliphatic rings. The Balaban J connectivity index is 3.13. The van der Waals surface area contributed by atoms with Crippen LogP contribution in [0.1, 0.15) is 367 Å². The molecule has 0 aromatic heterocycles. The van der Waals surface area contributed by atoms with Crippen molar-refractivity contribution in [1.82, 2.24) is 0 Å². The summed E-state index contributed by atoms with van der Waals surface area (Å²) in [5.41, 5.74) is 0. The number of esters is 1. The molecule has 0 aromatic carbocycles. The number of rotatable bonds is 56. The molecule has 2 nitrogen and oxygen atoms in total. The van der Waals surface area contributed by atoms with E-state index in [0.29, 0.717) is 13.0 Å². The summed E-state index contributed by atoms with van der Waals surface area (Å²) >= 11 is 0. The highest BCUT2D eigenvalue weighted by atomic mass is 16.5. The molecule has 0 aromatic rings. The summed E-state index contributed by atoms with van der Waals surface area (Å²) in [4.78, 5) is 12.1. The molecule has 0 spiro atoms. The second kappa shape index (κ2) is 57.5. The minimum atomic E-state index is 0.0350. The average Bonchev–Trinajstić information content (AvgIpc) is 3.27. The van der Waals surface area contributed by atoms with Gasteiger partial charge in [0.25, 0.3) is 0 Å². The van der Waals surface area contributed by atoms with Crippen molar-refractivity contribution in [3.63, 3.8) is 0 Å². The van der Waals surface area contributed by atoms with Crippen molar-refractivity contribution in [2.45, 2.75) is 367 Å². The molecule has 0 radical (unpaired) electrons. The van der Waals surface area contributed by atoms with Crippen molar-refractivity contribution >= 4 is 5.97 Å². The zero-order valence-electron chi connectivity index (χ0n) is 42.9. The van der Waals surface area contributed by atoms with E-state index in [1.807, 2.05) is 0 Å². The number of carbonyl (C=O) groups excluding carboxylic acids is 1. The van der Waals surface area contributed by atoms with Crippen LogP contribution in [0.5, 0.6) is 0 Å². The summed E-state index contributed by atoms with van der Waals surface area (Å²) in [7, 11) is 0. The van der Waals surface area contributed by atoms with E-state index in [-0.39, 0.29) is 5.97 Å². The first-order valence-electron chi connectivity index (χ1n) is 29.5. The maximum Gasteiger partial charge on any atom is 0.305 e. The smallest absolute Gasteiger partial charge is 0.305 e. The molecule has 0 aliphatic carbocycles. The van der Waals surface area contributed by atoms with E-state index in [9.17, 15) is 4.79 Å². The monoisotopic (exact) mass is 859 g/mol. The van der Waals surface area contributed by atoms with Gasteiger partial charge in [-0.3, -0.25) is 4.79 Å². The lowest BCUT2D eigenvalue weighted by Crippen LogP contribution is -2.05. The Kier molecular flexibility index (Phi) is 57.0. The molecule has 2 heteroatoms. The molecule has 0 bridgehead atoms. The minimum Gasteiger partial charge on any atom is -0.466 e. The zero-order valence-corrected chi connectivity index (χ0v) is 42.9. The van der Waals surface area contributed by atoms with Gasteiger partial charge < -0.3 is 4.74 Å². The van der Waals surface area contributed by atoms with Crippen LogP contribution in [0.15, 0.2) is 0 Å². The number of hydrogen-bond donors (Lipinski definition) is 0. The third-order valence-electron chi connectivity index (χ3n) is 14.0. The van der Waals surface area contributed by atoms with Gasteiger partial charge in [0, 0.05) is 6.42 Å². The van der Waals surface area contributed by atoms with Crippen molar-refractivity contribution in [1.29, 1.82) is 0 Å². The summed E-state index contributed by atoms with van der Waals surface area (Å²) in [5.74, 6) is 0.0350. The normalized spacial score (nSPS) is 11.6. The Hall–Kier alpha value is -0.530. The largest absolute Gasteiger partial charge is 0.466 e. The van der Waals surface area contributed by atoms with E-state index in [0.717, 1.165) is 12.8 Å². The fraction of sp³-hybridized carbons (Fsp3) is 0.983. The first kappa shape index (κ1) is 60.5. The molecule has 0 saturated heterocycles. The van der Waals surface area contributed by atoms with Gasteiger partial charge in [-0.05, 0) is 12.8 Å². The van der Waals surface area contributed by atoms with Crippen LogP contribution in [0.4, 0.5) is 0 Å². The maximum atomic E-state index is 12.1. The van der Waals surface area contributed by atoms with Crippen molar-refractivity contribution in [2.75, 3.05) is 6.61 Å². The number of ether oxygens (including phenoxy) is 1. The highest BCUT2D eigenvalue weighted by Gasteiger charge is 2.03. The topological polar surface area (TPSA) is 26.3 Å². The van der Waals surface area contributed by atoms with Gasteiger partial charge in [-0.25, -0.2) is 0 Å². The molecular weight excluding hydrogens is 741 g/mol. The average molecular weight is 860 g/mol. The van der Waals surface area contributed by atoms with E-state index >= 15 is 0 Å². The standard InChI is InChI=1S/C59H118O2/c1-3-5-7-9-11-13-15-17-19-21-22-23-24-25-26-27-28-29-30-31-32-33-34-35-36-37-38-39-40-41-43-45-47-49-51-53-55-57-59(60)61-58-56-54-52-50-48-46-44-42-20-18-16-14-12-10-8-6-4-2/h3-58H2,1-2H3. The maximum absolute atomic E-state index is 12.1. The van der Waals surface area contributed by atoms with Gasteiger partial charge in [0.2, 0.25) is 0 Å². The molecule has 0 saturated carbocycles.